The molecule has 0 bridgehead atoms. The summed E-state index contributed by atoms with van der Waals surface area (Å²) >= 11 is 0. The number of sulfonamides is 1. The van der Waals surface area contributed by atoms with Crippen molar-refractivity contribution < 1.29 is 12.8 Å². The third-order valence-corrected chi connectivity index (χ3v) is 4.85. The quantitative estimate of drug-likeness (QED) is 0.941. The van der Waals surface area contributed by atoms with Gasteiger partial charge in [-0.3, -0.25) is 0 Å². The van der Waals surface area contributed by atoms with Crippen LogP contribution in [0.2, 0.25) is 0 Å². The number of rotatable bonds is 4. The zero-order valence-electron chi connectivity index (χ0n) is 12.1. The van der Waals surface area contributed by atoms with Gasteiger partial charge in [0.15, 0.2) is 0 Å². The van der Waals surface area contributed by atoms with Crippen LogP contribution in [0.1, 0.15) is 35.6 Å². The van der Waals surface area contributed by atoms with Crippen LogP contribution in [0, 0.1) is 20.8 Å². The fourth-order valence-corrected chi connectivity index (χ4v) is 3.22. The van der Waals surface area contributed by atoms with Gasteiger partial charge < -0.3 is 4.42 Å². The Morgan fingerprint density at radius 1 is 1.05 bits per heavy atom. The van der Waals surface area contributed by atoms with E-state index in [2.05, 4.69) is 4.72 Å². The first-order valence-electron chi connectivity index (χ1n) is 6.45. The van der Waals surface area contributed by atoms with E-state index in [4.69, 9.17) is 4.42 Å². The molecular formula is C15H19NO3S. The van der Waals surface area contributed by atoms with E-state index >= 15 is 0 Å². The zero-order valence-corrected chi connectivity index (χ0v) is 12.9. The number of nitrogens with one attached hydrogen (secondary N) is 1. The van der Waals surface area contributed by atoms with E-state index in [1.165, 1.54) is 0 Å². The number of hydrogen-bond donors (Lipinski definition) is 1. The van der Waals surface area contributed by atoms with Gasteiger partial charge in [-0.2, -0.15) is 0 Å². The lowest BCUT2D eigenvalue weighted by molar-refractivity contribution is 0.441. The van der Waals surface area contributed by atoms with Gasteiger partial charge in [0.2, 0.25) is 10.0 Å². The monoisotopic (exact) mass is 293 g/mol. The van der Waals surface area contributed by atoms with Crippen molar-refractivity contribution in [1.82, 2.24) is 4.72 Å². The van der Waals surface area contributed by atoms with Gasteiger partial charge in [0.05, 0.1) is 10.9 Å². The minimum atomic E-state index is -3.55. The lowest BCUT2D eigenvalue weighted by Crippen LogP contribution is -2.26. The van der Waals surface area contributed by atoms with E-state index in [1.54, 1.807) is 25.1 Å². The highest BCUT2D eigenvalue weighted by Crippen LogP contribution is 2.20. The Balaban J connectivity index is 2.24. The largest absolute Gasteiger partial charge is 0.465 e. The second kappa shape index (κ2) is 5.42. The maximum absolute atomic E-state index is 12.3. The van der Waals surface area contributed by atoms with E-state index in [9.17, 15) is 8.42 Å². The van der Waals surface area contributed by atoms with Crippen LogP contribution in [0.5, 0.6) is 0 Å². The lowest BCUT2D eigenvalue weighted by atomic mass is 10.1. The van der Waals surface area contributed by atoms with Crippen molar-refractivity contribution in [3.8, 4) is 0 Å². The topological polar surface area (TPSA) is 59.3 Å². The minimum Gasteiger partial charge on any atom is -0.465 e. The highest BCUT2D eigenvalue weighted by atomic mass is 32.2. The van der Waals surface area contributed by atoms with Crippen LogP contribution in [0.4, 0.5) is 0 Å². The summed E-state index contributed by atoms with van der Waals surface area (Å²) in [6, 6.07) is 8.29. The Bertz CT molecular complexity index is 716. The Morgan fingerprint density at radius 3 is 2.30 bits per heavy atom. The smallest absolute Gasteiger partial charge is 0.241 e. The van der Waals surface area contributed by atoms with E-state index in [1.807, 2.05) is 32.9 Å². The molecule has 2 aromatic rings. The predicted octanol–water partition coefficient (Wildman–Crippen LogP) is 3.24. The molecule has 1 N–H and O–H groups in total. The molecule has 1 aromatic heterocycles. The van der Waals surface area contributed by atoms with E-state index < -0.39 is 16.1 Å². The fraction of sp³-hybridized carbons (Fsp3) is 0.333. The number of aryl methyl sites for hydroxylation is 3. The summed E-state index contributed by atoms with van der Waals surface area (Å²) in [5, 5.41) is 0. The summed E-state index contributed by atoms with van der Waals surface area (Å²) in [5.41, 5.74) is 2.02. The van der Waals surface area contributed by atoms with Crippen molar-refractivity contribution in [2.45, 2.75) is 38.6 Å². The first-order chi connectivity index (χ1) is 9.29. The van der Waals surface area contributed by atoms with E-state index in [-0.39, 0.29) is 4.90 Å². The first-order valence-corrected chi connectivity index (χ1v) is 7.94. The molecule has 1 unspecified atom stereocenters. The number of hydrogen-bond acceptors (Lipinski definition) is 3. The van der Waals surface area contributed by atoms with Gasteiger partial charge in [0.25, 0.3) is 0 Å². The molecule has 1 atom stereocenters. The summed E-state index contributed by atoms with van der Waals surface area (Å²) in [5.74, 6) is 1.37. The molecule has 0 aliphatic rings. The van der Waals surface area contributed by atoms with Crippen molar-refractivity contribution in [3.05, 3.63) is 53.0 Å². The Morgan fingerprint density at radius 2 is 1.75 bits per heavy atom. The zero-order chi connectivity index (χ0) is 14.9. The van der Waals surface area contributed by atoms with Crippen LogP contribution in [0.25, 0.3) is 0 Å². The van der Waals surface area contributed by atoms with Crippen molar-refractivity contribution in [2.24, 2.45) is 0 Å². The molecule has 1 aromatic carbocycles. The van der Waals surface area contributed by atoms with Gasteiger partial charge >= 0.3 is 0 Å². The Labute approximate surface area is 119 Å². The average Bonchev–Trinajstić information content (AvgIpc) is 2.79. The number of benzene rings is 1. The molecule has 0 fully saturated rings. The van der Waals surface area contributed by atoms with Crippen molar-refractivity contribution in [3.63, 3.8) is 0 Å². The van der Waals surface area contributed by atoms with Gasteiger partial charge in [-0.05, 0) is 63.1 Å². The second-order valence-corrected chi connectivity index (χ2v) is 6.75. The Hall–Kier alpha value is -1.59. The van der Waals surface area contributed by atoms with Crippen molar-refractivity contribution in [1.29, 1.82) is 0 Å². The average molecular weight is 293 g/mol. The molecule has 0 aliphatic heterocycles. The highest BCUT2D eigenvalue weighted by molar-refractivity contribution is 7.89. The molecule has 0 spiro atoms. The van der Waals surface area contributed by atoms with Crippen molar-refractivity contribution >= 4 is 10.0 Å². The molecular weight excluding hydrogens is 274 g/mol. The SMILES string of the molecule is Cc1ccc(C(C)NS(=O)(=O)c2ccc(C)c(C)c2)o1. The number of furan rings is 1. The third kappa shape index (κ3) is 3.11. The van der Waals surface area contributed by atoms with Crippen molar-refractivity contribution in [2.75, 3.05) is 0 Å². The summed E-state index contributed by atoms with van der Waals surface area (Å²) in [4.78, 5) is 0.274. The molecule has 0 radical (unpaired) electrons. The lowest BCUT2D eigenvalue weighted by Gasteiger charge is -2.13. The van der Waals surface area contributed by atoms with Crippen LogP contribution < -0.4 is 4.72 Å². The maximum Gasteiger partial charge on any atom is 0.241 e. The van der Waals surface area contributed by atoms with Crippen LogP contribution >= 0.6 is 0 Å². The molecule has 108 valence electrons. The molecule has 4 nitrogen and oxygen atoms in total. The predicted molar refractivity (Wildman–Crippen MR) is 78.1 cm³/mol. The molecule has 0 saturated heterocycles. The van der Waals surface area contributed by atoms with Crippen LogP contribution in [0.15, 0.2) is 39.6 Å². The molecule has 0 aliphatic carbocycles. The summed E-state index contributed by atoms with van der Waals surface area (Å²) in [6.45, 7) is 7.44. The third-order valence-electron chi connectivity index (χ3n) is 3.31. The van der Waals surface area contributed by atoms with Gasteiger partial charge in [-0.25, -0.2) is 13.1 Å². The molecule has 0 saturated carbocycles. The summed E-state index contributed by atoms with van der Waals surface area (Å²) in [6.07, 6.45) is 0. The van der Waals surface area contributed by atoms with Gasteiger partial charge in [-0.1, -0.05) is 6.07 Å². The maximum atomic E-state index is 12.3. The Kier molecular flexibility index (Phi) is 4.01. The van der Waals surface area contributed by atoms with Gasteiger partial charge in [0, 0.05) is 0 Å². The van der Waals surface area contributed by atoms with Crippen LogP contribution in [0.3, 0.4) is 0 Å². The molecule has 2 rings (SSSR count). The molecule has 20 heavy (non-hydrogen) atoms. The van der Waals surface area contributed by atoms with Crippen LogP contribution in [-0.2, 0) is 10.0 Å². The molecule has 1 heterocycles. The van der Waals surface area contributed by atoms with Crippen LogP contribution in [-0.4, -0.2) is 8.42 Å². The summed E-state index contributed by atoms with van der Waals surface area (Å²) < 4.78 is 32.7. The second-order valence-electron chi connectivity index (χ2n) is 5.04. The molecule has 0 amide bonds. The first kappa shape index (κ1) is 14.8. The molecule has 5 heteroatoms. The van der Waals surface area contributed by atoms with E-state index in [0.29, 0.717) is 5.76 Å². The standard InChI is InChI=1S/C15H19NO3S/c1-10-5-7-14(9-11(10)2)20(17,18)16-13(4)15-8-6-12(3)19-15/h5-9,13,16H,1-4H3. The summed E-state index contributed by atoms with van der Waals surface area (Å²) in [7, 11) is -3.55. The van der Waals surface area contributed by atoms with Gasteiger partial charge in [-0.15, -0.1) is 0 Å². The highest BCUT2D eigenvalue weighted by Gasteiger charge is 2.20. The normalized spacial score (nSPS) is 13.4. The fourth-order valence-electron chi connectivity index (χ4n) is 1.93. The van der Waals surface area contributed by atoms with E-state index in [0.717, 1.165) is 16.9 Å². The minimum absolute atomic E-state index is 0.274. The van der Waals surface area contributed by atoms with Gasteiger partial charge in [0.1, 0.15) is 11.5 Å².